The van der Waals surface area contributed by atoms with Crippen molar-refractivity contribution in [2.75, 3.05) is 33.7 Å². The molecule has 3 heterocycles. The summed E-state index contributed by atoms with van der Waals surface area (Å²) in [6.45, 7) is 2.29. The van der Waals surface area contributed by atoms with Gasteiger partial charge in [-0.05, 0) is 25.7 Å². The van der Waals surface area contributed by atoms with Gasteiger partial charge in [0.15, 0.2) is 5.96 Å². The maximum absolute atomic E-state index is 11.8. The zero-order valence-electron chi connectivity index (χ0n) is 13.5. The smallest absolute Gasteiger partial charge is 0.243 e. The third kappa shape index (κ3) is 2.57. The Morgan fingerprint density at radius 3 is 2.36 bits per heavy atom. The van der Waals surface area contributed by atoms with Crippen molar-refractivity contribution in [2.45, 2.75) is 43.9 Å². The van der Waals surface area contributed by atoms with E-state index in [4.69, 9.17) is 4.74 Å². The fourth-order valence-corrected chi connectivity index (χ4v) is 4.06. The molecule has 1 saturated carbocycles. The first-order chi connectivity index (χ1) is 10.6. The fraction of sp³-hybridized carbons (Fsp3) is 0.875. The molecule has 4 aliphatic rings. The van der Waals surface area contributed by atoms with E-state index in [9.17, 15) is 4.79 Å². The number of aliphatic imine (C=N–C) groups is 1. The molecular weight excluding hydrogens is 280 g/mol. The molecule has 2 bridgehead atoms. The maximum Gasteiger partial charge on any atom is 0.243 e. The lowest BCUT2D eigenvalue weighted by molar-refractivity contribution is -0.127. The fourth-order valence-electron chi connectivity index (χ4n) is 4.06. The molecule has 22 heavy (non-hydrogen) atoms. The molecule has 0 spiro atoms. The largest absolute Gasteiger partial charge is 0.374 e. The molecule has 4 unspecified atom stereocenters. The number of amides is 1. The number of likely N-dealkylation sites (tertiary alicyclic amines) is 1. The first-order valence-corrected chi connectivity index (χ1v) is 8.53. The van der Waals surface area contributed by atoms with Crippen LogP contribution in [0.3, 0.4) is 0 Å². The second-order valence-electron chi connectivity index (χ2n) is 7.37. The summed E-state index contributed by atoms with van der Waals surface area (Å²) in [5, 5.41) is 3.53. The van der Waals surface area contributed by atoms with Crippen LogP contribution in [0.4, 0.5) is 0 Å². The maximum atomic E-state index is 11.8. The number of fused-ring (bicyclic) bond motifs is 5. The second kappa shape index (κ2) is 5.41. The van der Waals surface area contributed by atoms with Gasteiger partial charge in [0, 0.05) is 45.1 Å². The number of hydrogen-bond donors (Lipinski definition) is 1. The first kappa shape index (κ1) is 14.3. The minimum Gasteiger partial charge on any atom is -0.374 e. The van der Waals surface area contributed by atoms with Crippen LogP contribution >= 0.6 is 0 Å². The summed E-state index contributed by atoms with van der Waals surface area (Å²) in [4.78, 5) is 20.4. The Balaban J connectivity index is 1.44. The average Bonchev–Trinajstić information content (AvgIpc) is 2.91. The molecule has 4 atom stereocenters. The van der Waals surface area contributed by atoms with Gasteiger partial charge < -0.3 is 19.9 Å². The highest BCUT2D eigenvalue weighted by Gasteiger charge is 2.53. The first-order valence-electron chi connectivity index (χ1n) is 8.53. The number of nitrogens with one attached hydrogen (secondary N) is 1. The van der Waals surface area contributed by atoms with Gasteiger partial charge >= 0.3 is 0 Å². The summed E-state index contributed by atoms with van der Waals surface area (Å²) in [5.41, 5.74) is 0. The highest BCUT2D eigenvalue weighted by molar-refractivity contribution is 5.85. The third-order valence-electron chi connectivity index (χ3n) is 5.53. The predicted molar refractivity (Wildman–Crippen MR) is 83.6 cm³/mol. The molecule has 4 fully saturated rings. The zero-order chi connectivity index (χ0) is 15.3. The number of likely N-dealkylation sites (N-methyl/N-ethyl adjacent to an activating group) is 1. The van der Waals surface area contributed by atoms with Crippen LogP contribution in [-0.2, 0) is 9.53 Å². The number of nitrogens with zero attached hydrogens (tertiary/aromatic N) is 3. The minimum absolute atomic E-state index is 0.0536. The van der Waals surface area contributed by atoms with Crippen molar-refractivity contribution in [1.29, 1.82) is 0 Å². The molecule has 0 aromatic carbocycles. The van der Waals surface area contributed by atoms with Crippen LogP contribution in [0.15, 0.2) is 4.99 Å². The lowest BCUT2D eigenvalue weighted by atomic mass is 9.82. The van der Waals surface area contributed by atoms with Crippen LogP contribution in [0.5, 0.6) is 0 Å². The van der Waals surface area contributed by atoms with Gasteiger partial charge in [-0.15, -0.1) is 0 Å². The Kier molecular flexibility index (Phi) is 3.51. The van der Waals surface area contributed by atoms with E-state index in [1.807, 2.05) is 0 Å². The summed E-state index contributed by atoms with van der Waals surface area (Å²) in [5.74, 6) is 2.31. The molecule has 3 aliphatic heterocycles. The van der Waals surface area contributed by atoms with E-state index in [1.54, 1.807) is 19.0 Å². The van der Waals surface area contributed by atoms with E-state index >= 15 is 0 Å². The molecular formula is C16H26N4O2. The topological polar surface area (TPSA) is 57.2 Å². The summed E-state index contributed by atoms with van der Waals surface area (Å²) in [7, 11) is 3.56. The summed E-state index contributed by atoms with van der Waals surface area (Å²) in [6.07, 6.45) is 5.81. The summed E-state index contributed by atoms with van der Waals surface area (Å²) >= 11 is 0. The van der Waals surface area contributed by atoms with Gasteiger partial charge in [0.05, 0.1) is 12.2 Å². The Hall–Kier alpha value is -1.30. The van der Waals surface area contributed by atoms with Gasteiger partial charge in [-0.1, -0.05) is 0 Å². The van der Waals surface area contributed by atoms with Crippen molar-refractivity contribution in [2.24, 2.45) is 16.8 Å². The van der Waals surface area contributed by atoms with Gasteiger partial charge in [0.2, 0.25) is 5.91 Å². The molecule has 0 radical (unpaired) electrons. The van der Waals surface area contributed by atoms with Crippen molar-refractivity contribution < 1.29 is 9.53 Å². The van der Waals surface area contributed by atoms with E-state index in [0.29, 0.717) is 30.1 Å². The Morgan fingerprint density at radius 2 is 1.82 bits per heavy atom. The third-order valence-corrected chi connectivity index (χ3v) is 5.53. The number of hydrogen-bond acceptors (Lipinski definition) is 3. The quantitative estimate of drug-likeness (QED) is 0.601. The lowest BCUT2D eigenvalue weighted by Crippen LogP contribution is -2.43. The van der Waals surface area contributed by atoms with Crippen LogP contribution in [0.1, 0.15) is 25.7 Å². The number of guanidine groups is 1. The summed E-state index contributed by atoms with van der Waals surface area (Å²) in [6, 6.07) is 0.557. The van der Waals surface area contributed by atoms with Crippen LogP contribution in [0.25, 0.3) is 0 Å². The van der Waals surface area contributed by atoms with Gasteiger partial charge in [-0.3, -0.25) is 4.79 Å². The Bertz CT molecular complexity index is 471. The van der Waals surface area contributed by atoms with Crippen molar-refractivity contribution in [1.82, 2.24) is 15.1 Å². The van der Waals surface area contributed by atoms with E-state index in [2.05, 4.69) is 15.2 Å². The lowest BCUT2D eigenvalue weighted by Gasteiger charge is -2.24. The zero-order valence-corrected chi connectivity index (χ0v) is 13.5. The monoisotopic (exact) mass is 306 g/mol. The molecule has 3 saturated heterocycles. The van der Waals surface area contributed by atoms with Crippen molar-refractivity contribution in [3.63, 3.8) is 0 Å². The average molecular weight is 306 g/mol. The van der Waals surface area contributed by atoms with Gasteiger partial charge in [0.25, 0.3) is 0 Å². The van der Waals surface area contributed by atoms with Crippen molar-refractivity contribution in [3.8, 4) is 0 Å². The normalized spacial score (nSPS) is 36.6. The molecule has 122 valence electrons. The summed E-state index contributed by atoms with van der Waals surface area (Å²) < 4.78 is 6.04. The highest BCUT2D eigenvalue weighted by atomic mass is 16.5. The van der Waals surface area contributed by atoms with Gasteiger partial charge in [-0.2, -0.15) is 0 Å². The van der Waals surface area contributed by atoms with Gasteiger partial charge in [0.1, 0.15) is 6.54 Å². The Labute approximate surface area is 131 Å². The number of carbonyl (C=O) groups excluding carboxylic acids is 1. The molecule has 0 aromatic heterocycles. The van der Waals surface area contributed by atoms with E-state index in [1.165, 1.54) is 25.7 Å². The van der Waals surface area contributed by atoms with Crippen LogP contribution in [-0.4, -0.2) is 73.6 Å². The molecule has 6 nitrogen and oxygen atoms in total. The number of carbonyl (C=O) groups is 1. The standard InChI is InChI=1S/C16H26N4O2/c1-19(2)15(21)7-17-16(18-10-3-4-10)20-8-11-12(9-20)14-6-5-13(11)22-14/h10-14H,3-9H2,1-2H3,(H,17,18). The molecule has 0 aromatic rings. The number of rotatable bonds is 3. The SMILES string of the molecule is CN(C)C(=O)CN=C(NC1CC1)N1CC2C3CCC(O3)C2C1. The van der Waals surface area contributed by atoms with Crippen LogP contribution in [0.2, 0.25) is 0 Å². The van der Waals surface area contributed by atoms with E-state index < -0.39 is 0 Å². The van der Waals surface area contributed by atoms with Crippen molar-refractivity contribution in [3.05, 3.63) is 0 Å². The molecule has 1 aliphatic carbocycles. The molecule has 1 amide bonds. The molecule has 1 N–H and O–H groups in total. The minimum atomic E-state index is 0.0536. The van der Waals surface area contributed by atoms with Gasteiger partial charge in [-0.25, -0.2) is 4.99 Å². The predicted octanol–water partition coefficient (Wildman–Crippen LogP) is 0.292. The van der Waals surface area contributed by atoms with Crippen LogP contribution in [0, 0.1) is 11.8 Å². The molecule has 4 rings (SSSR count). The Morgan fingerprint density at radius 1 is 1.18 bits per heavy atom. The van der Waals surface area contributed by atoms with Crippen molar-refractivity contribution >= 4 is 11.9 Å². The van der Waals surface area contributed by atoms with E-state index in [0.717, 1.165) is 19.0 Å². The molecule has 6 heteroatoms. The number of ether oxygens (including phenoxy) is 1. The highest BCUT2D eigenvalue weighted by Crippen LogP contribution is 2.47. The van der Waals surface area contributed by atoms with Crippen LogP contribution < -0.4 is 5.32 Å². The van der Waals surface area contributed by atoms with E-state index in [-0.39, 0.29) is 12.5 Å². The second-order valence-corrected chi connectivity index (χ2v) is 7.37.